The first-order valence-corrected chi connectivity index (χ1v) is 8.04. The number of aliphatic carboxylic acids is 1. The average Bonchev–Trinajstić information content (AvgIpc) is 2.64. The van der Waals surface area contributed by atoms with Crippen LogP contribution in [0.25, 0.3) is 10.9 Å². The quantitative estimate of drug-likeness (QED) is 0.269. The van der Waals surface area contributed by atoms with Gasteiger partial charge in [-0.2, -0.15) is 0 Å². The first-order valence-electron chi connectivity index (χ1n) is 8.04. The lowest BCUT2D eigenvalue weighted by atomic mass is 10.1. The number of carboxylic acids is 1. The zero-order valence-electron chi connectivity index (χ0n) is 14.9. The molecule has 10 heteroatoms. The van der Waals surface area contributed by atoms with Crippen LogP contribution in [0.4, 0.5) is 5.69 Å². The van der Waals surface area contributed by atoms with Crippen molar-refractivity contribution in [2.45, 2.75) is 12.7 Å². The summed E-state index contributed by atoms with van der Waals surface area (Å²) in [5.74, 6) is -3.33. The highest BCUT2D eigenvalue weighted by Crippen LogP contribution is 2.33. The van der Waals surface area contributed by atoms with Gasteiger partial charge in [-0.05, 0) is 18.2 Å². The van der Waals surface area contributed by atoms with Crippen molar-refractivity contribution in [1.29, 1.82) is 0 Å². The molecular weight excluding hydrogens is 360 g/mol. The molecule has 0 aliphatic rings. The molecule has 0 spiro atoms. The smallest absolute Gasteiger partial charge is 0.376 e. The number of carboxylic acid groups (broad SMARTS) is 1. The third-order valence-corrected chi connectivity index (χ3v) is 3.64. The summed E-state index contributed by atoms with van der Waals surface area (Å²) in [6, 6.07) is 5.59. The number of aromatic nitrogens is 1. The Morgan fingerprint density at radius 1 is 1.26 bits per heavy atom. The van der Waals surface area contributed by atoms with Gasteiger partial charge in [0.1, 0.15) is 5.52 Å². The van der Waals surface area contributed by atoms with Crippen LogP contribution < -0.4 is 4.74 Å². The maximum atomic E-state index is 11.7. The molecule has 1 aromatic heterocycles. The van der Waals surface area contributed by atoms with E-state index >= 15 is 0 Å². The van der Waals surface area contributed by atoms with Crippen molar-refractivity contribution in [3.63, 3.8) is 0 Å². The van der Waals surface area contributed by atoms with Gasteiger partial charge >= 0.3 is 11.8 Å². The van der Waals surface area contributed by atoms with Crippen molar-refractivity contribution < 1.29 is 33.8 Å². The number of rotatable bonds is 11. The lowest BCUT2D eigenvalue weighted by molar-refractivity contribution is -0.383. The van der Waals surface area contributed by atoms with E-state index in [0.29, 0.717) is 13.2 Å². The van der Waals surface area contributed by atoms with E-state index in [4.69, 9.17) is 18.9 Å². The number of nitro benzene ring substituents is 1. The minimum atomic E-state index is -2.02. The number of methoxy groups -OCH3 is 1. The Balaban J connectivity index is 2.20. The molecule has 27 heavy (non-hydrogen) atoms. The highest BCUT2D eigenvalue weighted by atomic mass is 16.7. The maximum absolute atomic E-state index is 11.7. The molecule has 0 bridgehead atoms. The SMILES string of the molecule is COCCOCCOC(C)(Oc1ccc([N+](=O)[O-])c2cccnc12)C(=O)O. The van der Waals surface area contributed by atoms with Gasteiger partial charge in [-0.15, -0.1) is 0 Å². The standard InChI is InChI=1S/C17H20N2O8/c1-17(16(20)21,26-11-10-25-9-8-24-2)27-14-6-5-13(19(22)23)12-4-3-7-18-15(12)14/h3-7H,8-11H2,1-2H3,(H,20,21). The number of ether oxygens (including phenoxy) is 4. The van der Waals surface area contributed by atoms with Crippen LogP contribution in [0, 0.1) is 10.1 Å². The lowest BCUT2D eigenvalue weighted by Gasteiger charge is -2.26. The monoisotopic (exact) mass is 380 g/mol. The van der Waals surface area contributed by atoms with E-state index in [9.17, 15) is 20.0 Å². The van der Waals surface area contributed by atoms with Crippen molar-refractivity contribution >= 4 is 22.6 Å². The van der Waals surface area contributed by atoms with Crippen LogP contribution in [-0.4, -0.2) is 60.3 Å². The van der Waals surface area contributed by atoms with E-state index in [1.165, 1.54) is 38.4 Å². The summed E-state index contributed by atoms with van der Waals surface area (Å²) < 4.78 is 21.0. The Kier molecular flexibility index (Phi) is 6.99. The predicted octanol–water partition coefficient (Wildman–Crippen LogP) is 2.00. The number of benzene rings is 1. The lowest BCUT2D eigenvalue weighted by Crippen LogP contribution is -2.45. The van der Waals surface area contributed by atoms with E-state index in [0.717, 1.165) is 0 Å². The van der Waals surface area contributed by atoms with Gasteiger partial charge in [0.25, 0.3) is 5.69 Å². The van der Waals surface area contributed by atoms with E-state index in [1.54, 1.807) is 6.07 Å². The number of pyridine rings is 1. The van der Waals surface area contributed by atoms with E-state index in [2.05, 4.69) is 4.98 Å². The summed E-state index contributed by atoms with van der Waals surface area (Å²) in [5, 5.41) is 20.9. The summed E-state index contributed by atoms with van der Waals surface area (Å²) in [4.78, 5) is 26.4. The molecule has 0 amide bonds. The van der Waals surface area contributed by atoms with Crippen LogP contribution >= 0.6 is 0 Å². The fourth-order valence-corrected chi connectivity index (χ4v) is 2.26. The summed E-state index contributed by atoms with van der Waals surface area (Å²) in [5.41, 5.74) is 0.00839. The number of nitrogens with zero attached hydrogens (tertiary/aromatic N) is 2. The van der Waals surface area contributed by atoms with Gasteiger partial charge in [0.05, 0.1) is 36.7 Å². The van der Waals surface area contributed by atoms with Crippen molar-refractivity contribution in [2.24, 2.45) is 0 Å². The molecule has 2 aromatic rings. The average molecular weight is 380 g/mol. The van der Waals surface area contributed by atoms with Gasteiger partial charge < -0.3 is 24.1 Å². The molecule has 2 rings (SSSR count). The van der Waals surface area contributed by atoms with Crippen molar-refractivity contribution in [3.8, 4) is 5.75 Å². The Bertz CT molecular complexity index is 813. The first kappa shape index (κ1) is 20.5. The van der Waals surface area contributed by atoms with E-state index in [1.807, 2.05) is 0 Å². The highest BCUT2D eigenvalue weighted by molar-refractivity contribution is 5.92. The largest absolute Gasteiger partial charge is 0.476 e. The predicted molar refractivity (Wildman–Crippen MR) is 93.7 cm³/mol. The summed E-state index contributed by atoms with van der Waals surface area (Å²) >= 11 is 0. The maximum Gasteiger partial charge on any atom is 0.376 e. The molecule has 1 heterocycles. The summed E-state index contributed by atoms with van der Waals surface area (Å²) in [7, 11) is 1.54. The molecule has 146 valence electrons. The second-order valence-corrected chi connectivity index (χ2v) is 5.55. The molecule has 0 saturated heterocycles. The van der Waals surface area contributed by atoms with Gasteiger partial charge in [-0.1, -0.05) is 0 Å². The number of carbonyl (C=O) groups is 1. The minimum absolute atomic E-state index is 0.0368. The summed E-state index contributed by atoms with van der Waals surface area (Å²) in [6.07, 6.45) is 1.43. The van der Waals surface area contributed by atoms with Crippen LogP contribution in [-0.2, 0) is 19.0 Å². The van der Waals surface area contributed by atoms with Gasteiger partial charge in [0.2, 0.25) is 0 Å². The Labute approximate surface area is 154 Å². The van der Waals surface area contributed by atoms with Crippen molar-refractivity contribution in [2.75, 3.05) is 33.5 Å². The number of hydrogen-bond donors (Lipinski definition) is 1. The zero-order valence-corrected chi connectivity index (χ0v) is 14.9. The van der Waals surface area contributed by atoms with Crippen LogP contribution in [0.5, 0.6) is 5.75 Å². The molecule has 1 unspecified atom stereocenters. The Hall–Kier alpha value is -2.82. The molecule has 1 atom stereocenters. The number of fused-ring (bicyclic) bond motifs is 1. The molecule has 1 aromatic carbocycles. The summed E-state index contributed by atoms with van der Waals surface area (Å²) in [6.45, 7) is 2.11. The van der Waals surface area contributed by atoms with Gasteiger partial charge in [0, 0.05) is 26.3 Å². The second kappa shape index (κ2) is 9.21. The van der Waals surface area contributed by atoms with Crippen LogP contribution in [0.2, 0.25) is 0 Å². The Morgan fingerprint density at radius 2 is 2.00 bits per heavy atom. The Morgan fingerprint density at radius 3 is 2.67 bits per heavy atom. The van der Waals surface area contributed by atoms with Crippen LogP contribution in [0.1, 0.15) is 6.92 Å². The third kappa shape index (κ3) is 5.09. The molecule has 0 saturated carbocycles. The fourth-order valence-electron chi connectivity index (χ4n) is 2.26. The van der Waals surface area contributed by atoms with E-state index < -0.39 is 16.7 Å². The minimum Gasteiger partial charge on any atom is -0.476 e. The normalized spacial score (nSPS) is 13.3. The molecule has 0 aliphatic heterocycles. The second-order valence-electron chi connectivity index (χ2n) is 5.55. The fraction of sp³-hybridized carbons (Fsp3) is 0.412. The molecule has 1 N–H and O–H groups in total. The van der Waals surface area contributed by atoms with Gasteiger partial charge in [-0.25, -0.2) is 4.79 Å². The van der Waals surface area contributed by atoms with Crippen molar-refractivity contribution in [1.82, 2.24) is 4.98 Å². The van der Waals surface area contributed by atoms with Crippen molar-refractivity contribution in [3.05, 3.63) is 40.6 Å². The molecule has 0 aliphatic carbocycles. The zero-order chi connectivity index (χ0) is 19.9. The number of non-ortho nitro benzene ring substituents is 1. The van der Waals surface area contributed by atoms with Crippen LogP contribution in [0.15, 0.2) is 30.5 Å². The third-order valence-electron chi connectivity index (χ3n) is 3.64. The number of hydrogen-bond acceptors (Lipinski definition) is 8. The van der Waals surface area contributed by atoms with Crippen LogP contribution in [0.3, 0.4) is 0 Å². The van der Waals surface area contributed by atoms with Gasteiger partial charge in [0.15, 0.2) is 5.75 Å². The topological polar surface area (TPSA) is 130 Å². The van der Waals surface area contributed by atoms with Gasteiger partial charge in [-0.3, -0.25) is 15.1 Å². The highest BCUT2D eigenvalue weighted by Gasteiger charge is 2.38. The number of nitro groups is 1. The molecular formula is C17H20N2O8. The van der Waals surface area contributed by atoms with E-state index in [-0.39, 0.29) is 35.6 Å². The first-order chi connectivity index (χ1) is 12.9. The molecule has 10 nitrogen and oxygen atoms in total. The molecule has 0 fully saturated rings. The molecule has 0 radical (unpaired) electrons.